The number of benzene rings is 8. The van der Waals surface area contributed by atoms with Crippen LogP contribution >= 0.6 is 23.2 Å². The fourth-order valence-corrected chi connectivity index (χ4v) is 9.51. The molecule has 0 aliphatic rings. The minimum absolute atomic E-state index is 0. The summed E-state index contributed by atoms with van der Waals surface area (Å²) in [5, 5.41) is 48.3. The fourth-order valence-electron chi connectivity index (χ4n) is 7.52. The van der Waals surface area contributed by atoms with Crippen LogP contribution in [-0.4, -0.2) is 106 Å². The summed E-state index contributed by atoms with van der Waals surface area (Å²) in [5.41, 5.74) is 0.896. The Morgan fingerprint density at radius 1 is 0.587 bits per heavy atom. The molecular formula is C52H42BaCl2N6O12S2. The van der Waals surface area contributed by atoms with E-state index in [-0.39, 0.29) is 92.8 Å². The maximum atomic E-state index is 13.4. The molecule has 0 atom stereocenters. The number of nitrogens with one attached hydrogen (secondary N) is 2. The number of carbonyl (C=O) groups excluding carboxylic acids is 2. The van der Waals surface area contributed by atoms with Crippen molar-refractivity contribution in [3.05, 3.63) is 166 Å². The van der Waals surface area contributed by atoms with E-state index in [0.717, 1.165) is 12.1 Å². The largest absolute Gasteiger partial charge is 2.00 e. The number of azo groups is 2. The first-order valence-corrected chi connectivity index (χ1v) is 25.6. The molecule has 0 heterocycles. The molecule has 4 N–H and O–H groups in total. The van der Waals surface area contributed by atoms with Gasteiger partial charge in [-0.15, -0.1) is 15.3 Å². The molecule has 8 rings (SSSR count). The van der Waals surface area contributed by atoms with Crippen molar-refractivity contribution in [1.82, 2.24) is 0 Å². The van der Waals surface area contributed by atoms with Crippen molar-refractivity contribution in [1.29, 1.82) is 0 Å². The van der Waals surface area contributed by atoms with Crippen LogP contribution in [0.3, 0.4) is 0 Å². The van der Waals surface area contributed by atoms with E-state index in [1.54, 1.807) is 111 Å². The van der Waals surface area contributed by atoms with Crippen LogP contribution in [0.4, 0.5) is 34.1 Å². The number of phenolic OH excluding ortho intramolecular Hbond substituents is 1. The number of methoxy groups -OCH3 is 2. The summed E-state index contributed by atoms with van der Waals surface area (Å²) in [7, 11) is -6.58. The topological polar surface area (TPSA) is 281 Å². The number of ether oxygens (including phenoxy) is 2. The molecule has 18 nitrogen and oxygen atoms in total. The first kappa shape index (κ1) is 57.9. The van der Waals surface area contributed by atoms with Gasteiger partial charge < -0.3 is 34.9 Å². The summed E-state index contributed by atoms with van der Waals surface area (Å²) in [6.07, 6.45) is 0.640. The molecule has 0 saturated heterocycles. The molecule has 23 heteroatoms. The Bertz CT molecular complexity index is 3530. The van der Waals surface area contributed by atoms with Crippen LogP contribution in [0.2, 0.25) is 10.0 Å². The van der Waals surface area contributed by atoms with Crippen molar-refractivity contribution in [2.45, 2.75) is 36.5 Å². The van der Waals surface area contributed by atoms with E-state index >= 15 is 0 Å². The third kappa shape index (κ3) is 13.7. The molecule has 0 unspecified atom stereocenters. The molecular weight excluding hydrogens is 1170 g/mol. The molecule has 0 fully saturated rings. The summed E-state index contributed by atoms with van der Waals surface area (Å²) in [4.78, 5) is 25.0. The van der Waals surface area contributed by atoms with E-state index in [2.05, 4.69) is 31.1 Å². The summed E-state index contributed by atoms with van der Waals surface area (Å²) in [6, 6.07) is 34.9. The zero-order valence-electron chi connectivity index (χ0n) is 40.2. The molecule has 75 heavy (non-hydrogen) atoms. The van der Waals surface area contributed by atoms with Crippen molar-refractivity contribution in [2.24, 2.45) is 20.5 Å². The number of anilines is 2. The van der Waals surface area contributed by atoms with Gasteiger partial charge in [-0.2, -0.15) is 13.5 Å². The van der Waals surface area contributed by atoms with E-state index < -0.39 is 53.3 Å². The maximum absolute atomic E-state index is 13.4. The van der Waals surface area contributed by atoms with Gasteiger partial charge in [0.15, 0.2) is 5.75 Å². The summed E-state index contributed by atoms with van der Waals surface area (Å²) < 4.78 is 79.6. The molecule has 8 aromatic carbocycles. The molecule has 0 radical (unpaired) electrons. The number of amides is 2. The van der Waals surface area contributed by atoms with Gasteiger partial charge in [-0.05, 0) is 120 Å². The molecule has 0 aliphatic heterocycles. The van der Waals surface area contributed by atoms with Gasteiger partial charge in [0.1, 0.15) is 43.6 Å². The second kappa shape index (κ2) is 25.0. The van der Waals surface area contributed by atoms with Crippen LogP contribution in [0.15, 0.2) is 164 Å². The van der Waals surface area contributed by atoms with Crippen LogP contribution in [0.1, 0.15) is 45.7 Å². The Morgan fingerprint density at radius 2 is 0.987 bits per heavy atom. The molecule has 380 valence electrons. The first-order chi connectivity index (χ1) is 35.2. The third-order valence-electron chi connectivity index (χ3n) is 11.2. The predicted molar refractivity (Wildman–Crippen MR) is 284 cm³/mol. The van der Waals surface area contributed by atoms with Gasteiger partial charge in [-0.25, -0.2) is 8.42 Å². The smallest absolute Gasteiger partial charge is 0.870 e. The Morgan fingerprint density at radius 3 is 1.44 bits per heavy atom. The zero-order chi connectivity index (χ0) is 53.5. The van der Waals surface area contributed by atoms with Crippen molar-refractivity contribution < 1.29 is 55.2 Å². The van der Waals surface area contributed by atoms with Crippen LogP contribution in [0.5, 0.6) is 23.0 Å². The van der Waals surface area contributed by atoms with Gasteiger partial charge in [-0.1, -0.05) is 91.3 Å². The molecule has 0 saturated carbocycles. The van der Waals surface area contributed by atoms with Crippen molar-refractivity contribution in [2.75, 3.05) is 24.9 Å². The number of rotatable bonds is 14. The Balaban J connectivity index is 0.000000241. The second-order valence-electron chi connectivity index (χ2n) is 15.9. The number of halogens is 2. The Kier molecular flexibility index (Phi) is 19.3. The normalized spacial score (nSPS) is 11.5. The molecule has 0 spiro atoms. The molecule has 0 bridgehead atoms. The summed E-state index contributed by atoms with van der Waals surface area (Å²) in [6.45, 7) is 3.49. The second-order valence-corrected chi connectivity index (χ2v) is 19.5. The van der Waals surface area contributed by atoms with Gasteiger partial charge in [0.25, 0.3) is 21.9 Å². The number of aromatic hydroxyl groups is 1. The van der Waals surface area contributed by atoms with Gasteiger partial charge in [0, 0.05) is 37.8 Å². The Hall–Kier alpha value is -6.41. The summed E-state index contributed by atoms with van der Waals surface area (Å²) >= 11 is 12.0. The van der Waals surface area contributed by atoms with Crippen molar-refractivity contribution >= 4 is 160 Å². The molecule has 8 aromatic rings. The average Bonchev–Trinajstić information content (AvgIpc) is 3.37. The number of hydrogen-bond acceptors (Lipinski definition) is 15. The third-order valence-corrected chi connectivity index (χ3v) is 13.4. The summed E-state index contributed by atoms with van der Waals surface area (Å²) in [5.74, 6) is -1.21. The van der Waals surface area contributed by atoms with Crippen molar-refractivity contribution in [3.8, 4) is 23.0 Å². The Labute approximate surface area is 481 Å². The van der Waals surface area contributed by atoms with E-state index in [0.29, 0.717) is 68.4 Å². The van der Waals surface area contributed by atoms with Crippen molar-refractivity contribution in [3.63, 3.8) is 0 Å². The number of carbonyl (C=O) groups is 2. The monoisotopic (exact) mass is 1210 g/mol. The van der Waals surface area contributed by atoms with E-state index in [1.807, 2.05) is 0 Å². The van der Waals surface area contributed by atoms with Gasteiger partial charge >= 0.3 is 48.9 Å². The quantitative estimate of drug-likeness (QED) is 0.0449. The SMILES string of the molecule is CCc1cc(Cl)cc(S(=O)(=O)O)c1N=Nc1c(O)c(C(=O)Nc2ccc(OC)cc2)cc2ccccc12.CCc1cc(Cl)cc(S(=O)(=O)[O-])c1N=Nc1c([O-])c(C(=O)Nc2ccc(OC)cc2)cc2ccccc12.[Ba+2]. The zero-order valence-corrected chi connectivity index (χ0v) is 47.7. The van der Waals surface area contributed by atoms with Gasteiger partial charge in [0.2, 0.25) is 0 Å². The standard InChI is InChI=1S/2C26H22ClN3O6S.Ba/c2*1-3-15-12-17(27)14-22(37(33,34)35)23(15)29-30-24-20-7-5-4-6-16(20)13-21(25(24)31)26(32)28-18-8-10-19(36-2)11-9-18;/h2*4-14,31H,3H2,1-2H3,(H,28,32)(H,33,34,35);/q;;+2/p-2. The number of phenols is 1. The molecule has 0 aromatic heterocycles. The number of hydrogen-bond donors (Lipinski definition) is 4. The maximum Gasteiger partial charge on any atom is 2.00 e. The minimum atomic E-state index is -4.95. The molecule has 0 aliphatic carbocycles. The predicted octanol–water partition coefficient (Wildman–Crippen LogP) is 12.0. The van der Waals surface area contributed by atoms with Gasteiger partial charge in [-0.3, -0.25) is 14.1 Å². The van der Waals surface area contributed by atoms with Crippen LogP contribution in [0.25, 0.3) is 21.5 Å². The van der Waals surface area contributed by atoms with E-state index in [9.17, 15) is 45.7 Å². The molecule has 2 amide bonds. The van der Waals surface area contributed by atoms with E-state index in [1.165, 1.54) is 38.5 Å². The fraction of sp³-hybridized carbons (Fsp3) is 0.115. The van der Waals surface area contributed by atoms with Crippen LogP contribution in [-0.2, 0) is 33.1 Å². The number of nitrogens with zero attached hydrogens (tertiary/aromatic N) is 4. The van der Waals surface area contributed by atoms with Crippen LogP contribution < -0.4 is 25.2 Å². The number of fused-ring (bicyclic) bond motifs is 2. The van der Waals surface area contributed by atoms with Gasteiger partial charge in [0.05, 0.1) is 30.4 Å². The first-order valence-electron chi connectivity index (χ1n) is 22.0. The van der Waals surface area contributed by atoms with Crippen LogP contribution in [0, 0.1) is 0 Å². The minimum Gasteiger partial charge on any atom is -0.870 e. The average molecular weight is 1220 g/mol. The number of aryl methyl sites for hydroxylation is 2. The van der Waals surface area contributed by atoms with E-state index in [4.69, 9.17) is 32.7 Å².